The molecule has 0 spiro atoms. The molecular formula is C20H26FN7O. The molecule has 0 unspecified atom stereocenters. The highest BCUT2D eigenvalue weighted by Crippen LogP contribution is 2.21. The maximum atomic E-state index is 13.2. The summed E-state index contributed by atoms with van der Waals surface area (Å²) in [7, 11) is 0. The van der Waals surface area contributed by atoms with Gasteiger partial charge in [0.05, 0.1) is 13.2 Å². The molecule has 2 saturated heterocycles. The molecule has 2 aromatic rings. The van der Waals surface area contributed by atoms with E-state index in [9.17, 15) is 4.39 Å². The van der Waals surface area contributed by atoms with Gasteiger partial charge in [0.1, 0.15) is 5.82 Å². The number of nitrogens with one attached hydrogen (secondary N) is 1. The van der Waals surface area contributed by atoms with Crippen LogP contribution in [0.25, 0.3) is 0 Å². The van der Waals surface area contributed by atoms with Gasteiger partial charge in [-0.05, 0) is 24.3 Å². The highest BCUT2D eigenvalue weighted by molar-refractivity contribution is 5.50. The van der Waals surface area contributed by atoms with Crippen molar-refractivity contribution in [3.8, 4) is 0 Å². The van der Waals surface area contributed by atoms with E-state index in [0.29, 0.717) is 37.6 Å². The van der Waals surface area contributed by atoms with Crippen molar-refractivity contribution < 1.29 is 9.13 Å². The molecule has 0 saturated carbocycles. The van der Waals surface area contributed by atoms with Crippen molar-refractivity contribution in [1.82, 2.24) is 15.0 Å². The van der Waals surface area contributed by atoms with E-state index in [0.717, 1.165) is 45.0 Å². The smallest absolute Gasteiger partial charge is 0.232 e. The molecule has 0 radical (unpaired) electrons. The van der Waals surface area contributed by atoms with Crippen LogP contribution in [0.15, 0.2) is 36.9 Å². The van der Waals surface area contributed by atoms with Crippen LogP contribution in [0.5, 0.6) is 0 Å². The average Bonchev–Trinajstić information content (AvgIpc) is 2.79. The predicted molar refractivity (Wildman–Crippen MR) is 112 cm³/mol. The summed E-state index contributed by atoms with van der Waals surface area (Å²) in [5, 5.41) is 3.18. The van der Waals surface area contributed by atoms with Gasteiger partial charge in [-0.1, -0.05) is 6.08 Å². The monoisotopic (exact) mass is 399 g/mol. The van der Waals surface area contributed by atoms with E-state index >= 15 is 0 Å². The highest BCUT2D eigenvalue weighted by Gasteiger charge is 2.23. The number of anilines is 4. The van der Waals surface area contributed by atoms with Gasteiger partial charge >= 0.3 is 0 Å². The number of ether oxygens (including phenoxy) is 1. The largest absolute Gasteiger partial charge is 0.378 e. The van der Waals surface area contributed by atoms with E-state index in [1.807, 2.05) is 12.1 Å². The van der Waals surface area contributed by atoms with Gasteiger partial charge in [-0.25, -0.2) is 4.39 Å². The quantitative estimate of drug-likeness (QED) is 0.737. The topological polar surface area (TPSA) is 69.7 Å². The summed E-state index contributed by atoms with van der Waals surface area (Å²) < 4.78 is 18.6. The molecule has 2 aliphatic rings. The Labute approximate surface area is 170 Å². The van der Waals surface area contributed by atoms with Crippen LogP contribution >= 0.6 is 0 Å². The number of piperazine rings is 1. The van der Waals surface area contributed by atoms with Crippen molar-refractivity contribution in [2.75, 3.05) is 79.0 Å². The Balaban J connectivity index is 1.49. The number of rotatable bonds is 6. The maximum absolute atomic E-state index is 13.2. The molecule has 1 N–H and O–H groups in total. The molecule has 9 heteroatoms. The van der Waals surface area contributed by atoms with Crippen molar-refractivity contribution >= 4 is 23.5 Å². The van der Waals surface area contributed by atoms with Crippen molar-refractivity contribution in [1.29, 1.82) is 0 Å². The molecule has 2 fully saturated rings. The fraction of sp³-hybridized carbons (Fsp3) is 0.450. The van der Waals surface area contributed by atoms with E-state index in [1.165, 1.54) is 12.1 Å². The van der Waals surface area contributed by atoms with Crippen molar-refractivity contribution in [3.63, 3.8) is 0 Å². The predicted octanol–water partition coefficient (Wildman–Crippen LogP) is 1.77. The summed E-state index contributed by atoms with van der Waals surface area (Å²) in [4.78, 5) is 20.5. The summed E-state index contributed by atoms with van der Waals surface area (Å²) in [5.41, 5.74) is 1.03. The molecule has 3 heterocycles. The Morgan fingerprint density at radius 1 is 0.897 bits per heavy atom. The van der Waals surface area contributed by atoms with Crippen LogP contribution in [0.1, 0.15) is 0 Å². The van der Waals surface area contributed by atoms with Crippen LogP contribution in [0, 0.1) is 5.82 Å². The second kappa shape index (κ2) is 9.04. The van der Waals surface area contributed by atoms with E-state index < -0.39 is 0 Å². The van der Waals surface area contributed by atoms with Gasteiger partial charge in [-0.3, -0.25) is 0 Å². The normalized spacial score (nSPS) is 17.3. The third kappa shape index (κ3) is 4.73. The molecule has 0 amide bonds. The zero-order valence-electron chi connectivity index (χ0n) is 16.4. The lowest BCUT2D eigenvalue weighted by atomic mass is 10.2. The van der Waals surface area contributed by atoms with Crippen LogP contribution in [-0.2, 0) is 4.74 Å². The molecule has 0 bridgehead atoms. The molecule has 4 rings (SSSR count). The lowest BCUT2D eigenvalue weighted by Gasteiger charge is -2.36. The number of hydrogen-bond acceptors (Lipinski definition) is 8. The van der Waals surface area contributed by atoms with Gasteiger partial charge in [0.25, 0.3) is 0 Å². The minimum absolute atomic E-state index is 0.215. The molecule has 154 valence electrons. The van der Waals surface area contributed by atoms with Crippen molar-refractivity contribution in [3.05, 3.63) is 42.7 Å². The van der Waals surface area contributed by atoms with Gasteiger partial charge < -0.3 is 24.8 Å². The first-order valence-corrected chi connectivity index (χ1v) is 9.92. The fourth-order valence-electron chi connectivity index (χ4n) is 3.46. The van der Waals surface area contributed by atoms with E-state index in [4.69, 9.17) is 9.72 Å². The number of hydrogen-bond donors (Lipinski definition) is 1. The summed E-state index contributed by atoms with van der Waals surface area (Å²) in [6.07, 6.45) is 1.78. The molecule has 1 aromatic carbocycles. The molecule has 8 nitrogen and oxygen atoms in total. The van der Waals surface area contributed by atoms with Gasteiger partial charge in [0.15, 0.2) is 0 Å². The van der Waals surface area contributed by atoms with Crippen LogP contribution in [0.3, 0.4) is 0 Å². The summed E-state index contributed by atoms with van der Waals surface area (Å²) >= 11 is 0. The summed E-state index contributed by atoms with van der Waals surface area (Å²) in [5.74, 6) is 1.68. The lowest BCUT2D eigenvalue weighted by Crippen LogP contribution is -2.47. The Kier molecular flexibility index (Phi) is 6.04. The molecular weight excluding hydrogens is 373 g/mol. The highest BCUT2D eigenvalue weighted by atomic mass is 19.1. The fourth-order valence-corrected chi connectivity index (χ4v) is 3.46. The third-order valence-corrected chi connectivity index (χ3v) is 5.06. The molecule has 0 aliphatic carbocycles. The van der Waals surface area contributed by atoms with Gasteiger partial charge in [-0.2, -0.15) is 15.0 Å². The third-order valence-electron chi connectivity index (χ3n) is 5.06. The van der Waals surface area contributed by atoms with Crippen LogP contribution < -0.4 is 20.0 Å². The molecule has 2 aliphatic heterocycles. The van der Waals surface area contributed by atoms with Crippen LogP contribution in [0.4, 0.5) is 27.9 Å². The SMILES string of the molecule is C=CCNc1nc(N2CCOCC2)nc(N2CCN(c3ccc(F)cc3)CC2)n1. The lowest BCUT2D eigenvalue weighted by molar-refractivity contribution is 0.122. The zero-order valence-corrected chi connectivity index (χ0v) is 16.4. The second-order valence-corrected chi connectivity index (χ2v) is 6.98. The average molecular weight is 399 g/mol. The van der Waals surface area contributed by atoms with Gasteiger partial charge in [0.2, 0.25) is 17.8 Å². The molecule has 29 heavy (non-hydrogen) atoms. The van der Waals surface area contributed by atoms with E-state index in [1.54, 1.807) is 6.08 Å². The maximum Gasteiger partial charge on any atom is 0.232 e. The van der Waals surface area contributed by atoms with Crippen molar-refractivity contribution in [2.24, 2.45) is 0 Å². The van der Waals surface area contributed by atoms with Crippen LogP contribution in [0.2, 0.25) is 0 Å². The Hall–Kier alpha value is -2.94. The number of morpholine rings is 1. The Morgan fingerprint density at radius 3 is 2.10 bits per heavy atom. The van der Waals surface area contributed by atoms with Crippen molar-refractivity contribution in [2.45, 2.75) is 0 Å². The van der Waals surface area contributed by atoms with E-state index in [2.05, 4.69) is 36.6 Å². The first kappa shape index (κ1) is 19.4. The summed E-state index contributed by atoms with van der Waals surface area (Å²) in [6, 6.07) is 6.64. The minimum atomic E-state index is -0.215. The number of nitrogens with zero attached hydrogens (tertiary/aromatic N) is 6. The first-order chi connectivity index (χ1) is 14.2. The Morgan fingerprint density at radius 2 is 1.48 bits per heavy atom. The zero-order chi connectivity index (χ0) is 20.1. The number of halogens is 1. The molecule has 0 atom stereocenters. The van der Waals surface area contributed by atoms with Gasteiger partial charge in [0, 0.05) is 51.5 Å². The number of benzene rings is 1. The first-order valence-electron chi connectivity index (χ1n) is 9.92. The minimum Gasteiger partial charge on any atom is -0.378 e. The standard InChI is InChI=1S/C20H26FN7O/c1-2-7-22-18-23-19(25-20(24-18)28-12-14-29-15-13-28)27-10-8-26(9-11-27)17-5-3-16(21)4-6-17/h2-6H,1,7-15H2,(H,22,23,24,25). The summed E-state index contributed by atoms with van der Waals surface area (Å²) in [6.45, 7) is 10.4. The number of aromatic nitrogens is 3. The molecule has 1 aromatic heterocycles. The van der Waals surface area contributed by atoms with E-state index in [-0.39, 0.29) is 5.82 Å². The van der Waals surface area contributed by atoms with Gasteiger partial charge in [-0.15, -0.1) is 6.58 Å². The van der Waals surface area contributed by atoms with Crippen LogP contribution in [-0.4, -0.2) is 74.0 Å². The second-order valence-electron chi connectivity index (χ2n) is 6.98. The Bertz CT molecular complexity index is 818.